The van der Waals surface area contributed by atoms with E-state index < -0.39 is 0 Å². The maximum atomic E-state index is 5.53. The molecule has 0 radical (unpaired) electrons. The van der Waals surface area contributed by atoms with Crippen LogP contribution in [0.25, 0.3) is 0 Å². The first kappa shape index (κ1) is 14.2. The third-order valence-corrected chi connectivity index (χ3v) is 2.92. The molecule has 1 aromatic rings. The van der Waals surface area contributed by atoms with Gasteiger partial charge in [-0.2, -0.15) is 0 Å². The summed E-state index contributed by atoms with van der Waals surface area (Å²) in [6.45, 7) is 5.16. The van der Waals surface area contributed by atoms with Crippen LogP contribution in [0.2, 0.25) is 0 Å². The Balaban J connectivity index is 2.24. The highest BCUT2D eigenvalue weighted by molar-refractivity contribution is 7.10. The average Bonchev–Trinajstić information content (AvgIpc) is 2.78. The fraction of sp³-hybridized carbons (Fsp3) is 0.538. The Morgan fingerprint density at radius 2 is 2.12 bits per heavy atom. The maximum absolute atomic E-state index is 5.53. The summed E-state index contributed by atoms with van der Waals surface area (Å²) in [6.07, 6.45) is 1.05. The lowest BCUT2D eigenvalue weighted by Gasteiger charge is -2.04. The number of hydrogen-bond donors (Lipinski definition) is 1. The average molecular weight is 253 g/mol. The summed E-state index contributed by atoms with van der Waals surface area (Å²) in [6, 6.07) is 2.00. The fourth-order valence-electron chi connectivity index (χ4n) is 1.24. The summed E-state index contributed by atoms with van der Waals surface area (Å²) >= 11 is 1.66. The van der Waals surface area contributed by atoms with Gasteiger partial charge >= 0.3 is 0 Å². The van der Waals surface area contributed by atoms with E-state index in [2.05, 4.69) is 18.8 Å². The number of ether oxygens (including phenoxy) is 2. The van der Waals surface area contributed by atoms with Crippen molar-refractivity contribution in [1.29, 1.82) is 0 Å². The van der Waals surface area contributed by atoms with Crippen molar-refractivity contribution < 1.29 is 9.47 Å². The van der Waals surface area contributed by atoms with E-state index in [0.29, 0.717) is 26.4 Å². The molecule has 4 heteroatoms. The highest BCUT2D eigenvalue weighted by atomic mass is 32.1. The zero-order valence-corrected chi connectivity index (χ0v) is 11.0. The van der Waals surface area contributed by atoms with E-state index in [-0.39, 0.29) is 0 Å². The predicted molar refractivity (Wildman–Crippen MR) is 71.0 cm³/mol. The Hall–Kier alpha value is -0.860. The number of thiophene rings is 1. The van der Waals surface area contributed by atoms with Gasteiger partial charge in [0, 0.05) is 17.0 Å². The molecule has 2 N–H and O–H groups in total. The normalized spacial score (nSPS) is 10.0. The molecule has 17 heavy (non-hydrogen) atoms. The molecule has 94 valence electrons. The zero-order chi connectivity index (χ0) is 12.3. The van der Waals surface area contributed by atoms with Gasteiger partial charge in [-0.3, -0.25) is 0 Å². The molecule has 0 aliphatic rings. The quantitative estimate of drug-likeness (QED) is 0.597. The minimum absolute atomic E-state index is 0.390. The van der Waals surface area contributed by atoms with E-state index in [1.54, 1.807) is 11.3 Å². The van der Waals surface area contributed by atoms with Gasteiger partial charge in [0.05, 0.1) is 26.4 Å². The van der Waals surface area contributed by atoms with Crippen molar-refractivity contribution >= 4 is 11.3 Å². The van der Waals surface area contributed by atoms with Gasteiger partial charge < -0.3 is 15.2 Å². The van der Waals surface area contributed by atoms with Crippen molar-refractivity contribution in [2.75, 3.05) is 26.4 Å². The van der Waals surface area contributed by atoms with Crippen LogP contribution in [-0.2, 0) is 16.1 Å². The molecule has 0 amide bonds. The SMILES string of the molecule is CCCOCCOCc1sccc1C#CCN. The van der Waals surface area contributed by atoms with Crippen molar-refractivity contribution in [3.8, 4) is 11.8 Å². The molecule has 0 bridgehead atoms. The summed E-state index contributed by atoms with van der Waals surface area (Å²) < 4.78 is 10.9. The molecule has 1 rings (SSSR count). The number of rotatable bonds is 7. The van der Waals surface area contributed by atoms with Gasteiger partial charge in [0.2, 0.25) is 0 Å². The second-order valence-electron chi connectivity index (χ2n) is 3.43. The molecule has 0 atom stereocenters. The Labute approximate surface area is 107 Å². The highest BCUT2D eigenvalue weighted by Gasteiger charge is 2.01. The largest absolute Gasteiger partial charge is 0.379 e. The van der Waals surface area contributed by atoms with Crippen LogP contribution in [0.3, 0.4) is 0 Å². The van der Waals surface area contributed by atoms with E-state index in [1.165, 1.54) is 0 Å². The van der Waals surface area contributed by atoms with Gasteiger partial charge in [0.1, 0.15) is 0 Å². The molecule has 3 nitrogen and oxygen atoms in total. The summed E-state index contributed by atoms with van der Waals surface area (Å²) in [4.78, 5) is 1.15. The van der Waals surface area contributed by atoms with Crippen molar-refractivity contribution in [1.82, 2.24) is 0 Å². The first-order valence-corrected chi connectivity index (χ1v) is 6.67. The Bertz CT molecular complexity index is 365. The second kappa shape index (κ2) is 9.20. The molecule has 0 aromatic carbocycles. The number of hydrogen-bond acceptors (Lipinski definition) is 4. The minimum atomic E-state index is 0.390. The van der Waals surface area contributed by atoms with Crippen molar-refractivity contribution in [3.63, 3.8) is 0 Å². The molecular formula is C13H19NO2S. The standard InChI is InChI=1S/C13H19NO2S/c1-2-7-15-8-9-16-11-13-12(4-3-6-14)5-10-17-13/h5,10H,2,6-9,11,14H2,1H3. The van der Waals surface area contributed by atoms with Crippen molar-refractivity contribution in [2.24, 2.45) is 5.73 Å². The molecule has 0 saturated heterocycles. The first-order valence-electron chi connectivity index (χ1n) is 5.79. The van der Waals surface area contributed by atoms with Crippen LogP contribution < -0.4 is 5.73 Å². The third-order valence-electron chi connectivity index (χ3n) is 2.02. The van der Waals surface area contributed by atoms with Crippen LogP contribution in [0.5, 0.6) is 0 Å². The summed E-state index contributed by atoms with van der Waals surface area (Å²) in [5, 5.41) is 2.02. The molecule has 1 heterocycles. The molecular weight excluding hydrogens is 234 g/mol. The van der Waals surface area contributed by atoms with Gasteiger partial charge in [-0.1, -0.05) is 18.8 Å². The zero-order valence-electron chi connectivity index (χ0n) is 10.2. The monoisotopic (exact) mass is 253 g/mol. The van der Waals surface area contributed by atoms with E-state index >= 15 is 0 Å². The van der Waals surface area contributed by atoms with Crippen LogP contribution in [0, 0.1) is 11.8 Å². The lowest BCUT2D eigenvalue weighted by molar-refractivity contribution is 0.0417. The van der Waals surface area contributed by atoms with Gasteiger partial charge in [0.25, 0.3) is 0 Å². The highest BCUT2D eigenvalue weighted by Crippen LogP contribution is 2.16. The van der Waals surface area contributed by atoms with Crippen LogP contribution in [0.4, 0.5) is 0 Å². The smallest absolute Gasteiger partial charge is 0.0823 e. The topological polar surface area (TPSA) is 44.5 Å². The summed E-state index contributed by atoms with van der Waals surface area (Å²) in [7, 11) is 0. The van der Waals surface area contributed by atoms with E-state index in [4.69, 9.17) is 15.2 Å². The Morgan fingerprint density at radius 1 is 1.29 bits per heavy atom. The van der Waals surface area contributed by atoms with Crippen LogP contribution >= 0.6 is 11.3 Å². The minimum Gasteiger partial charge on any atom is -0.379 e. The van der Waals surface area contributed by atoms with Gasteiger partial charge in [-0.25, -0.2) is 0 Å². The second-order valence-corrected chi connectivity index (χ2v) is 4.43. The van der Waals surface area contributed by atoms with Gasteiger partial charge in [0.15, 0.2) is 0 Å². The predicted octanol–water partition coefficient (Wildman–Crippen LogP) is 2.00. The van der Waals surface area contributed by atoms with Gasteiger partial charge in [-0.05, 0) is 17.9 Å². The first-order chi connectivity index (χ1) is 8.38. The molecule has 1 aromatic heterocycles. The van der Waals surface area contributed by atoms with Crippen LogP contribution in [0.1, 0.15) is 23.8 Å². The summed E-state index contributed by atoms with van der Waals surface area (Å²) in [5.41, 5.74) is 6.37. The lowest BCUT2D eigenvalue weighted by atomic mass is 10.2. The fourth-order valence-corrected chi connectivity index (χ4v) is 2.00. The Morgan fingerprint density at radius 3 is 2.88 bits per heavy atom. The molecule has 0 aliphatic carbocycles. The molecule has 0 spiro atoms. The molecule has 0 fully saturated rings. The molecule has 0 unspecified atom stereocenters. The summed E-state index contributed by atoms with van der Waals surface area (Å²) in [5.74, 6) is 5.89. The third kappa shape index (κ3) is 5.85. The van der Waals surface area contributed by atoms with E-state index in [9.17, 15) is 0 Å². The van der Waals surface area contributed by atoms with Crippen molar-refractivity contribution in [3.05, 3.63) is 21.9 Å². The van der Waals surface area contributed by atoms with Crippen LogP contribution in [0.15, 0.2) is 11.4 Å². The van der Waals surface area contributed by atoms with E-state index in [0.717, 1.165) is 23.5 Å². The Kier molecular flexibility index (Phi) is 7.69. The van der Waals surface area contributed by atoms with Crippen molar-refractivity contribution in [2.45, 2.75) is 20.0 Å². The maximum Gasteiger partial charge on any atom is 0.0823 e. The molecule has 0 aliphatic heterocycles. The van der Waals surface area contributed by atoms with Crippen LogP contribution in [-0.4, -0.2) is 26.4 Å². The lowest BCUT2D eigenvalue weighted by Crippen LogP contribution is -2.04. The molecule has 0 saturated carbocycles. The number of nitrogens with two attached hydrogens (primary N) is 1. The van der Waals surface area contributed by atoms with E-state index in [1.807, 2.05) is 11.4 Å². The van der Waals surface area contributed by atoms with Gasteiger partial charge in [-0.15, -0.1) is 11.3 Å².